The van der Waals surface area contributed by atoms with E-state index in [0.717, 1.165) is 18.4 Å². The van der Waals surface area contributed by atoms with Gasteiger partial charge in [-0.1, -0.05) is 54.9 Å². The van der Waals surface area contributed by atoms with Crippen LogP contribution >= 0.6 is 11.6 Å². The quantitative estimate of drug-likeness (QED) is 0.193. The van der Waals surface area contributed by atoms with E-state index in [1.165, 1.54) is 0 Å². The lowest BCUT2D eigenvalue weighted by molar-refractivity contribution is -0.150. The zero-order chi connectivity index (χ0) is 37.2. The van der Waals surface area contributed by atoms with Crippen LogP contribution in [0.2, 0.25) is 23.7 Å². The minimum Gasteiger partial charge on any atom is -0.454 e. The average Bonchev–Trinajstić information content (AvgIpc) is 3.77. The van der Waals surface area contributed by atoms with E-state index in [1.807, 2.05) is 86.7 Å². The molecule has 10 nitrogen and oxygen atoms in total. The molecule has 4 aromatic carbocycles. The highest BCUT2D eigenvalue weighted by Gasteiger charge is 2.66. The van der Waals surface area contributed by atoms with E-state index in [-0.39, 0.29) is 43.3 Å². The second-order valence-corrected chi connectivity index (χ2v) is 19.5. The topological polar surface area (TPSA) is 120 Å². The molecule has 3 amide bonds. The fraction of sp³-hybridized carbons (Fsp3) is 0.341. The van der Waals surface area contributed by atoms with Gasteiger partial charge in [0, 0.05) is 34.3 Å². The largest absolute Gasteiger partial charge is 0.454 e. The molecule has 2 fully saturated rings. The van der Waals surface area contributed by atoms with Gasteiger partial charge in [0.1, 0.15) is 5.75 Å². The van der Waals surface area contributed by atoms with Gasteiger partial charge in [-0.05, 0) is 86.1 Å². The van der Waals surface area contributed by atoms with E-state index < -0.39 is 31.5 Å². The molecule has 4 aromatic rings. The first-order valence-corrected chi connectivity index (χ1v) is 21.5. The number of fused-ring (bicyclic) bond motifs is 4. The van der Waals surface area contributed by atoms with Crippen molar-refractivity contribution in [2.24, 2.45) is 5.92 Å². The number of hydrogen-bond donors (Lipinski definition) is 2. The summed E-state index contributed by atoms with van der Waals surface area (Å²) in [5.41, 5.74) is 1.92. The molecule has 0 radical (unpaired) electrons. The number of carbonyl (C=O) groups excluding carboxylic acids is 3. The molecule has 4 aliphatic heterocycles. The van der Waals surface area contributed by atoms with Crippen LogP contribution in [-0.4, -0.2) is 66.1 Å². The Labute approximate surface area is 314 Å². The van der Waals surface area contributed by atoms with Crippen molar-refractivity contribution in [1.82, 2.24) is 4.90 Å². The Balaban J connectivity index is 1.11. The third-order valence-electron chi connectivity index (χ3n) is 11.4. The summed E-state index contributed by atoms with van der Waals surface area (Å²) < 4.78 is 13.0. The molecule has 1 spiro atoms. The van der Waals surface area contributed by atoms with Gasteiger partial charge < -0.3 is 29.2 Å². The maximum Gasteiger partial charge on any atom is 0.266 e. The summed E-state index contributed by atoms with van der Waals surface area (Å²) in [4.78, 5) is 59.3. The van der Waals surface area contributed by atoms with Gasteiger partial charge in [-0.3, -0.25) is 19.3 Å². The summed E-state index contributed by atoms with van der Waals surface area (Å²) >= 11 is 6.58. The molecular formula is C41H42ClN3O7Si. The number of para-hydroxylation sites is 3. The number of carbonyl (C=O) groups is 3. The molecular weight excluding hydrogens is 710 g/mol. The molecule has 2 N–H and O–H groups in total. The number of nitrogens with zero attached hydrogens (tertiary/aromatic N) is 3. The second kappa shape index (κ2) is 13.4. The molecule has 4 heterocycles. The number of halogens is 1. The van der Waals surface area contributed by atoms with Gasteiger partial charge in [-0.25, -0.2) is 0 Å². The van der Waals surface area contributed by atoms with Gasteiger partial charge in [-0.2, -0.15) is 0 Å². The van der Waals surface area contributed by atoms with Crippen molar-refractivity contribution in [2.45, 2.75) is 69.1 Å². The molecule has 0 saturated carbocycles. The molecule has 12 heteroatoms. The van der Waals surface area contributed by atoms with Crippen molar-refractivity contribution in [1.29, 1.82) is 0 Å². The first kappa shape index (κ1) is 35.5. The van der Waals surface area contributed by atoms with E-state index in [9.17, 15) is 24.3 Å². The minimum atomic E-state index is -3.01. The maximum atomic E-state index is 14.9. The third kappa shape index (κ3) is 5.86. The number of rotatable bonds is 7. The highest BCUT2D eigenvalue weighted by Crippen LogP contribution is 2.60. The van der Waals surface area contributed by atoms with Gasteiger partial charge in [0.15, 0.2) is 19.7 Å². The Hall–Kier alpha value is -4.52. The van der Waals surface area contributed by atoms with Gasteiger partial charge in [0.2, 0.25) is 5.91 Å². The molecule has 8 rings (SSSR count). The monoisotopic (exact) mass is 751 g/mol. The number of anilines is 3. The lowest BCUT2D eigenvalue weighted by atomic mass is 9.82. The first-order valence-electron chi connectivity index (χ1n) is 18.1. The number of aliphatic hydroxyl groups is 1. The van der Waals surface area contributed by atoms with Crippen LogP contribution in [0, 0.1) is 5.92 Å². The van der Waals surface area contributed by atoms with Gasteiger partial charge in [-0.15, -0.1) is 0 Å². The van der Waals surface area contributed by atoms with Crippen LogP contribution in [0.25, 0.3) is 0 Å². The number of likely N-dealkylation sites (tertiary alicyclic amines) is 1. The average molecular weight is 752 g/mol. The third-order valence-corrected chi connectivity index (χ3v) is 14.2. The van der Waals surface area contributed by atoms with E-state index in [4.69, 9.17) is 21.1 Å². The number of hydrogen-bond acceptors (Lipinski definition) is 7. The van der Waals surface area contributed by atoms with E-state index in [1.54, 1.807) is 39.0 Å². The van der Waals surface area contributed by atoms with Gasteiger partial charge in [0.25, 0.3) is 11.8 Å². The first-order chi connectivity index (χ1) is 25.4. The lowest BCUT2D eigenvalue weighted by Crippen LogP contribution is -2.46. The number of ether oxygens (including phenoxy) is 2. The van der Waals surface area contributed by atoms with Crippen molar-refractivity contribution in [3.05, 3.63) is 113 Å². The second-order valence-electron chi connectivity index (χ2n) is 15.1. The normalized spacial score (nSPS) is 25.0. The molecule has 53 heavy (non-hydrogen) atoms. The maximum absolute atomic E-state index is 14.9. The van der Waals surface area contributed by atoms with Crippen molar-refractivity contribution in [3.8, 4) is 11.5 Å². The molecule has 5 atom stereocenters. The summed E-state index contributed by atoms with van der Waals surface area (Å²) in [6.45, 7) is 6.26. The predicted molar refractivity (Wildman–Crippen MR) is 204 cm³/mol. The molecule has 274 valence electrons. The van der Waals surface area contributed by atoms with E-state index >= 15 is 0 Å². The fourth-order valence-electron chi connectivity index (χ4n) is 9.05. The van der Waals surface area contributed by atoms with E-state index in [2.05, 4.69) is 0 Å². The summed E-state index contributed by atoms with van der Waals surface area (Å²) in [7, 11) is -3.01. The molecule has 0 unspecified atom stereocenters. The molecule has 0 aliphatic carbocycles. The van der Waals surface area contributed by atoms with Crippen molar-refractivity contribution in [3.63, 3.8) is 0 Å². The summed E-state index contributed by atoms with van der Waals surface area (Å²) in [6.07, 6.45) is 0.851. The Kier molecular flexibility index (Phi) is 8.98. The van der Waals surface area contributed by atoms with Crippen LogP contribution in [0.5, 0.6) is 11.5 Å². The molecule has 2 saturated heterocycles. The Morgan fingerprint density at radius 1 is 0.962 bits per heavy atom. The van der Waals surface area contributed by atoms with Crippen LogP contribution in [0.4, 0.5) is 17.1 Å². The number of aliphatic hydroxyl groups excluding tert-OH is 1. The van der Waals surface area contributed by atoms with E-state index in [0.29, 0.717) is 51.3 Å². The SMILES string of the molecule is C[C@@H]1[C@@H]([Si](C)(C)O)[C@H](CC(=O)N2CCC[C@H]2CO)O[C@@]12C(=O)N(Cc1ccc(N3C(=O)c4ccccc4Oc4ccccc43)cc1)c1ccc(Cl)cc12. The van der Waals surface area contributed by atoms with Crippen LogP contribution in [-0.2, 0) is 26.5 Å². The predicted octanol–water partition coefficient (Wildman–Crippen LogP) is 7.14. The van der Waals surface area contributed by atoms with Crippen molar-refractivity contribution >= 4 is 54.7 Å². The Bertz CT molecular complexity index is 2110. The Morgan fingerprint density at radius 3 is 2.42 bits per heavy atom. The summed E-state index contributed by atoms with van der Waals surface area (Å²) in [5, 5.41) is 10.3. The zero-order valence-electron chi connectivity index (χ0n) is 29.9. The molecule has 0 aromatic heterocycles. The molecule has 4 aliphatic rings. The smallest absolute Gasteiger partial charge is 0.266 e. The minimum absolute atomic E-state index is 0.00273. The van der Waals surface area contributed by atoms with Crippen LogP contribution in [0.3, 0.4) is 0 Å². The van der Waals surface area contributed by atoms with Gasteiger partial charge >= 0.3 is 0 Å². The van der Waals surface area contributed by atoms with Crippen LogP contribution in [0.1, 0.15) is 47.7 Å². The fourth-order valence-corrected chi connectivity index (χ4v) is 11.8. The number of benzene rings is 4. The van der Waals surface area contributed by atoms with Crippen LogP contribution < -0.4 is 14.5 Å². The van der Waals surface area contributed by atoms with Crippen molar-refractivity contribution in [2.75, 3.05) is 23.0 Å². The Morgan fingerprint density at radius 2 is 1.68 bits per heavy atom. The molecule has 0 bridgehead atoms. The summed E-state index contributed by atoms with van der Waals surface area (Å²) in [6, 6.07) is 27.2. The standard InChI is InChI=1S/C41H42ClN3O7Si/c1-25-38(53(2,3)50)36(22-37(47)43-20-8-9-29(43)24-46)52-41(25)31-21-27(42)16-19-32(31)44(40(41)49)23-26-14-17-28(18-15-26)45-33-11-5-7-13-35(33)51-34-12-6-4-10-30(34)39(45)48/h4-7,10-19,21,25,29,36,38,46,50H,8-9,20,22-24H2,1-3H3/t25-,29+,36+,38-,41+/m1/s1. The summed E-state index contributed by atoms with van der Waals surface area (Å²) in [5.74, 6) is -0.0557. The zero-order valence-corrected chi connectivity index (χ0v) is 31.6. The van der Waals surface area contributed by atoms with Crippen molar-refractivity contribution < 1.29 is 33.8 Å². The highest BCUT2D eigenvalue weighted by molar-refractivity contribution is 6.71. The lowest BCUT2D eigenvalue weighted by Gasteiger charge is -2.32. The highest BCUT2D eigenvalue weighted by atomic mass is 35.5. The van der Waals surface area contributed by atoms with Gasteiger partial charge in [0.05, 0.1) is 48.7 Å². The number of amides is 3. The van der Waals surface area contributed by atoms with Crippen LogP contribution in [0.15, 0.2) is 91.0 Å².